The Hall–Kier alpha value is -1.87. The molecule has 0 aliphatic rings. The zero-order valence-corrected chi connectivity index (χ0v) is 11.3. The number of benzene rings is 2. The molecule has 0 aliphatic carbocycles. The van der Waals surface area contributed by atoms with Gasteiger partial charge in [0.15, 0.2) is 5.78 Å². The van der Waals surface area contributed by atoms with E-state index in [1.807, 2.05) is 0 Å². The van der Waals surface area contributed by atoms with Crippen molar-refractivity contribution in [1.29, 1.82) is 0 Å². The van der Waals surface area contributed by atoms with Crippen LogP contribution >= 0.6 is 11.6 Å². The highest BCUT2D eigenvalue weighted by Crippen LogP contribution is 2.25. The predicted molar refractivity (Wildman–Crippen MR) is 72.6 cm³/mol. The lowest BCUT2D eigenvalue weighted by molar-refractivity contribution is 0.103. The topological polar surface area (TPSA) is 26.3 Å². The molecular formula is C15H12ClFO2. The van der Waals surface area contributed by atoms with Crippen LogP contribution < -0.4 is 4.74 Å². The van der Waals surface area contributed by atoms with E-state index >= 15 is 0 Å². The molecule has 0 amide bonds. The molecule has 98 valence electrons. The number of ketones is 1. The van der Waals surface area contributed by atoms with Crippen LogP contribution in [0.25, 0.3) is 0 Å². The number of carbonyl (C=O) groups excluding carboxylic acids is 1. The normalized spacial score (nSPS) is 10.3. The Bertz CT molecular complexity index is 638. The minimum absolute atomic E-state index is 0.267. The predicted octanol–water partition coefficient (Wildman–Crippen LogP) is 4.03. The fourth-order valence-electron chi connectivity index (χ4n) is 1.75. The third kappa shape index (κ3) is 2.76. The van der Waals surface area contributed by atoms with Gasteiger partial charge in [0.05, 0.1) is 12.7 Å². The van der Waals surface area contributed by atoms with E-state index in [2.05, 4.69) is 0 Å². The molecule has 0 saturated carbocycles. The fraction of sp³-hybridized carbons (Fsp3) is 0.133. The van der Waals surface area contributed by atoms with E-state index in [0.717, 1.165) is 0 Å². The summed E-state index contributed by atoms with van der Waals surface area (Å²) < 4.78 is 18.6. The molecule has 0 unspecified atom stereocenters. The molecule has 2 rings (SSSR count). The molecule has 0 spiro atoms. The Kier molecular flexibility index (Phi) is 3.86. The molecule has 0 bridgehead atoms. The van der Waals surface area contributed by atoms with Crippen LogP contribution in [0.3, 0.4) is 0 Å². The van der Waals surface area contributed by atoms with Gasteiger partial charge in [-0.3, -0.25) is 4.79 Å². The van der Waals surface area contributed by atoms with E-state index in [-0.39, 0.29) is 11.3 Å². The molecule has 2 aromatic rings. The van der Waals surface area contributed by atoms with Gasteiger partial charge in [0, 0.05) is 10.6 Å². The minimum atomic E-state index is -0.410. The highest BCUT2D eigenvalue weighted by molar-refractivity contribution is 6.31. The maximum atomic E-state index is 13.5. The third-order valence-corrected chi connectivity index (χ3v) is 3.08. The molecule has 2 nitrogen and oxygen atoms in total. The van der Waals surface area contributed by atoms with Crippen molar-refractivity contribution in [3.63, 3.8) is 0 Å². The quantitative estimate of drug-likeness (QED) is 0.793. The van der Waals surface area contributed by atoms with Crippen LogP contribution in [-0.2, 0) is 0 Å². The summed E-state index contributed by atoms with van der Waals surface area (Å²) in [4.78, 5) is 12.3. The standard InChI is InChI=1S/C15H12ClFO2/c1-9-3-4-10(7-13(9)17)15(18)12-8-11(16)5-6-14(12)19-2/h3-8H,1-2H3. The van der Waals surface area contributed by atoms with Crippen molar-refractivity contribution in [3.05, 3.63) is 63.9 Å². The molecule has 0 atom stereocenters. The monoisotopic (exact) mass is 278 g/mol. The highest BCUT2D eigenvalue weighted by atomic mass is 35.5. The zero-order valence-electron chi connectivity index (χ0n) is 10.5. The Morgan fingerprint density at radius 2 is 1.95 bits per heavy atom. The number of hydrogen-bond acceptors (Lipinski definition) is 2. The van der Waals surface area contributed by atoms with Gasteiger partial charge < -0.3 is 4.74 Å². The summed E-state index contributed by atoms with van der Waals surface area (Å²) in [6.45, 7) is 1.64. The number of aryl methyl sites for hydroxylation is 1. The molecule has 4 heteroatoms. The molecule has 0 N–H and O–H groups in total. The minimum Gasteiger partial charge on any atom is -0.496 e. The lowest BCUT2D eigenvalue weighted by atomic mass is 10.0. The van der Waals surface area contributed by atoms with Crippen LogP contribution in [-0.4, -0.2) is 12.9 Å². The first-order valence-electron chi connectivity index (χ1n) is 5.67. The number of methoxy groups -OCH3 is 1. The molecule has 0 aromatic heterocycles. The largest absolute Gasteiger partial charge is 0.496 e. The Labute approximate surface area is 115 Å². The molecule has 0 heterocycles. The Morgan fingerprint density at radius 3 is 2.58 bits per heavy atom. The highest BCUT2D eigenvalue weighted by Gasteiger charge is 2.16. The SMILES string of the molecule is COc1ccc(Cl)cc1C(=O)c1ccc(C)c(F)c1. The van der Waals surface area contributed by atoms with E-state index in [1.54, 1.807) is 31.2 Å². The molecule has 0 aliphatic heterocycles. The second kappa shape index (κ2) is 5.41. The van der Waals surface area contributed by atoms with Crippen molar-refractivity contribution < 1.29 is 13.9 Å². The van der Waals surface area contributed by atoms with Gasteiger partial charge in [0.25, 0.3) is 0 Å². The van der Waals surface area contributed by atoms with Crippen molar-refractivity contribution in [2.24, 2.45) is 0 Å². The van der Waals surface area contributed by atoms with Crippen molar-refractivity contribution in [2.75, 3.05) is 7.11 Å². The van der Waals surface area contributed by atoms with E-state index in [4.69, 9.17) is 16.3 Å². The van der Waals surface area contributed by atoms with Gasteiger partial charge in [-0.2, -0.15) is 0 Å². The van der Waals surface area contributed by atoms with Crippen LogP contribution in [0.5, 0.6) is 5.75 Å². The maximum Gasteiger partial charge on any atom is 0.196 e. The molecular weight excluding hydrogens is 267 g/mol. The van der Waals surface area contributed by atoms with Crippen LogP contribution in [0.15, 0.2) is 36.4 Å². The first kappa shape index (κ1) is 13.6. The van der Waals surface area contributed by atoms with Gasteiger partial charge in [-0.05, 0) is 36.8 Å². The molecule has 0 radical (unpaired) electrons. The van der Waals surface area contributed by atoms with E-state index in [9.17, 15) is 9.18 Å². The summed E-state index contributed by atoms with van der Waals surface area (Å²) >= 11 is 5.88. The number of ether oxygens (including phenoxy) is 1. The number of rotatable bonds is 3. The van der Waals surface area contributed by atoms with Gasteiger partial charge in [0.2, 0.25) is 0 Å². The lowest BCUT2D eigenvalue weighted by Crippen LogP contribution is -2.05. The lowest BCUT2D eigenvalue weighted by Gasteiger charge is -2.08. The van der Waals surface area contributed by atoms with Crippen molar-refractivity contribution in [2.45, 2.75) is 6.92 Å². The molecule has 0 saturated heterocycles. The molecule has 19 heavy (non-hydrogen) atoms. The summed E-state index contributed by atoms with van der Waals surface area (Å²) in [7, 11) is 1.47. The van der Waals surface area contributed by atoms with E-state index in [1.165, 1.54) is 19.2 Å². The smallest absolute Gasteiger partial charge is 0.196 e. The maximum absolute atomic E-state index is 13.5. The summed E-state index contributed by atoms with van der Waals surface area (Å²) in [5.74, 6) is -0.319. The van der Waals surface area contributed by atoms with Crippen LogP contribution in [0, 0.1) is 12.7 Å². The van der Waals surface area contributed by atoms with Crippen molar-refractivity contribution in [1.82, 2.24) is 0 Å². The van der Waals surface area contributed by atoms with Crippen molar-refractivity contribution in [3.8, 4) is 5.75 Å². The first-order valence-corrected chi connectivity index (χ1v) is 6.05. The van der Waals surface area contributed by atoms with Crippen LogP contribution in [0.1, 0.15) is 21.5 Å². The summed E-state index contributed by atoms with van der Waals surface area (Å²) in [6, 6.07) is 9.13. The number of halogens is 2. The molecule has 0 fully saturated rings. The van der Waals surface area contributed by atoms with Gasteiger partial charge >= 0.3 is 0 Å². The summed E-state index contributed by atoms with van der Waals surface area (Å²) in [6.07, 6.45) is 0. The molecule has 2 aromatic carbocycles. The fourth-order valence-corrected chi connectivity index (χ4v) is 1.92. The summed E-state index contributed by atoms with van der Waals surface area (Å²) in [5.41, 5.74) is 1.08. The average Bonchev–Trinajstić information content (AvgIpc) is 2.41. The average molecular weight is 279 g/mol. The third-order valence-electron chi connectivity index (χ3n) is 2.84. The van der Waals surface area contributed by atoms with E-state index in [0.29, 0.717) is 21.9 Å². The van der Waals surface area contributed by atoms with E-state index < -0.39 is 5.82 Å². The van der Waals surface area contributed by atoms with Crippen LogP contribution in [0.4, 0.5) is 4.39 Å². The van der Waals surface area contributed by atoms with Gasteiger partial charge in [0.1, 0.15) is 11.6 Å². The first-order chi connectivity index (χ1) is 9.02. The van der Waals surface area contributed by atoms with Crippen LogP contribution in [0.2, 0.25) is 5.02 Å². The number of hydrogen-bond donors (Lipinski definition) is 0. The summed E-state index contributed by atoms with van der Waals surface area (Å²) in [5, 5.41) is 0.428. The Morgan fingerprint density at radius 1 is 1.21 bits per heavy atom. The van der Waals surface area contributed by atoms with Crippen molar-refractivity contribution >= 4 is 17.4 Å². The van der Waals surface area contributed by atoms with Gasteiger partial charge in [-0.15, -0.1) is 0 Å². The van der Waals surface area contributed by atoms with Gasteiger partial charge in [-0.25, -0.2) is 4.39 Å². The second-order valence-electron chi connectivity index (χ2n) is 4.14. The van der Waals surface area contributed by atoms with Gasteiger partial charge in [-0.1, -0.05) is 23.7 Å². The Balaban J connectivity index is 2.49. The zero-order chi connectivity index (χ0) is 14.0. The number of carbonyl (C=O) groups is 1. The second-order valence-corrected chi connectivity index (χ2v) is 4.57.